The van der Waals surface area contributed by atoms with E-state index in [2.05, 4.69) is 31.3 Å². The van der Waals surface area contributed by atoms with Crippen LogP contribution in [0.15, 0.2) is 40.9 Å². The number of nitrogens with one attached hydrogen (secondary N) is 1. The number of anilines is 1. The van der Waals surface area contributed by atoms with E-state index in [-0.39, 0.29) is 49.5 Å². The SMILES string of the molecule is Cc1c(Br)c(C(F)(F)F)nn1CCC(=O)Nc1c(C(N)=O)sc2nc(C(F)(F)F)cc(-c3ccccc3)c12. The summed E-state index contributed by atoms with van der Waals surface area (Å²) in [5, 5.41) is 6.08. The molecule has 15 heteroatoms. The van der Waals surface area contributed by atoms with Crippen LogP contribution in [0.2, 0.25) is 0 Å². The number of aryl methyl sites for hydroxylation is 1. The van der Waals surface area contributed by atoms with E-state index in [4.69, 9.17) is 5.73 Å². The van der Waals surface area contributed by atoms with Gasteiger partial charge in [0.2, 0.25) is 5.91 Å². The quantitative estimate of drug-likeness (QED) is 0.244. The minimum Gasteiger partial charge on any atom is -0.365 e. The maximum absolute atomic E-state index is 13.6. The third-order valence-electron chi connectivity index (χ3n) is 5.48. The van der Waals surface area contributed by atoms with Crippen LogP contribution in [0.3, 0.4) is 0 Å². The van der Waals surface area contributed by atoms with Gasteiger partial charge in [-0.3, -0.25) is 14.3 Å². The number of benzene rings is 1. The maximum atomic E-state index is 13.6. The van der Waals surface area contributed by atoms with Crippen molar-refractivity contribution in [1.82, 2.24) is 14.8 Å². The third kappa shape index (κ3) is 5.38. The van der Waals surface area contributed by atoms with Gasteiger partial charge in [-0.2, -0.15) is 31.4 Å². The Morgan fingerprint density at radius 3 is 2.32 bits per heavy atom. The number of aromatic nitrogens is 3. The fraction of sp³-hybridized carbons (Fsp3) is 0.217. The summed E-state index contributed by atoms with van der Waals surface area (Å²) in [5.41, 5.74) is 3.55. The Bertz CT molecular complexity index is 1550. The second kappa shape index (κ2) is 10.0. The lowest BCUT2D eigenvalue weighted by molar-refractivity contribution is -0.142. The summed E-state index contributed by atoms with van der Waals surface area (Å²) < 4.78 is 80.9. The summed E-state index contributed by atoms with van der Waals surface area (Å²) in [6.45, 7) is 1.14. The summed E-state index contributed by atoms with van der Waals surface area (Å²) in [7, 11) is 0. The number of primary amides is 1. The first-order valence-corrected chi connectivity index (χ1v) is 12.3. The topological polar surface area (TPSA) is 103 Å². The highest BCUT2D eigenvalue weighted by Gasteiger charge is 2.38. The molecule has 0 aliphatic rings. The number of carbonyl (C=O) groups is 2. The molecule has 0 atom stereocenters. The molecule has 0 saturated carbocycles. The molecule has 4 rings (SSSR count). The van der Waals surface area contributed by atoms with Crippen molar-refractivity contribution in [3.05, 3.63) is 62.8 Å². The Labute approximate surface area is 222 Å². The van der Waals surface area contributed by atoms with Gasteiger partial charge >= 0.3 is 12.4 Å². The van der Waals surface area contributed by atoms with Crippen molar-refractivity contribution in [2.24, 2.45) is 5.73 Å². The summed E-state index contributed by atoms with van der Waals surface area (Å²) in [6.07, 6.45) is -9.86. The number of carbonyl (C=O) groups excluding carboxylic acids is 2. The molecule has 3 aromatic heterocycles. The molecule has 0 aliphatic heterocycles. The Hall–Kier alpha value is -3.46. The molecule has 4 aromatic rings. The van der Waals surface area contributed by atoms with Crippen molar-refractivity contribution in [3.8, 4) is 11.1 Å². The zero-order chi connectivity index (χ0) is 28.0. The zero-order valence-corrected chi connectivity index (χ0v) is 21.6. The predicted molar refractivity (Wildman–Crippen MR) is 131 cm³/mol. The molecular weight excluding hydrogens is 604 g/mol. The predicted octanol–water partition coefficient (Wildman–Crippen LogP) is 6.40. The molecule has 0 unspecified atom stereocenters. The van der Waals surface area contributed by atoms with Crippen LogP contribution in [0.4, 0.5) is 32.0 Å². The van der Waals surface area contributed by atoms with Gasteiger partial charge in [-0.15, -0.1) is 11.3 Å². The highest BCUT2D eigenvalue weighted by atomic mass is 79.9. The van der Waals surface area contributed by atoms with Gasteiger partial charge in [0.25, 0.3) is 5.91 Å². The summed E-state index contributed by atoms with van der Waals surface area (Å²) >= 11 is 3.44. The maximum Gasteiger partial charge on any atom is 0.436 e. The molecule has 3 heterocycles. The van der Waals surface area contributed by atoms with Crippen LogP contribution < -0.4 is 11.1 Å². The van der Waals surface area contributed by atoms with Gasteiger partial charge in [-0.05, 0) is 40.0 Å². The molecule has 0 aliphatic carbocycles. The van der Waals surface area contributed by atoms with Gasteiger partial charge in [-0.1, -0.05) is 30.3 Å². The van der Waals surface area contributed by atoms with Gasteiger partial charge in [-0.25, -0.2) is 4.98 Å². The normalized spacial score (nSPS) is 12.2. The average molecular weight is 620 g/mol. The van der Waals surface area contributed by atoms with Crippen molar-refractivity contribution >= 4 is 55.0 Å². The first-order valence-electron chi connectivity index (χ1n) is 10.7. The van der Waals surface area contributed by atoms with Gasteiger partial charge in [0.1, 0.15) is 15.4 Å². The highest BCUT2D eigenvalue weighted by molar-refractivity contribution is 9.10. The number of halogens is 7. The van der Waals surface area contributed by atoms with Crippen molar-refractivity contribution in [2.75, 3.05) is 5.32 Å². The van der Waals surface area contributed by atoms with Crippen LogP contribution in [0.5, 0.6) is 0 Å². The van der Waals surface area contributed by atoms with Crippen molar-refractivity contribution < 1.29 is 35.9 Å². The summed E-state index contributed by atoms with van der Waals surface area (Å²) in [5.74, 6) is -1.73. The number of hydrogen-bond acceptors (Lipinski definition) is 5. The molecule has 1 aromatic carbocycles. The fourth-order valence-electron chi connectivity index (χ4n) is 3.71. The lowest BCUT2D eigenvalue weighted by Crippen LogP contribution is -2.19. The van der Waals surface area contributed by atoms with Crippen LogP contribution in [0.1, 0.15) is 33.2 Å². The van der Waals surface area contributed by atoms with E-state index in [1.54, 1.807) is 30.3 Å². The van der Waals surface area contributed by atoms with E-state index < -0.39 is 35.6 Å². The largest absolute Gasteiger partial charge is 0.436 e. The van der Waals surface area contributed by atoms with Crippen LogP contribution in [-0.2, 0) is 23.7 Å². The number of amides is 2. The van der Waals surface area contributed by atoms with Crippen LogP contribution in [-0.4, -0.2) is 26.6 Å². The Balaban J connectivity index is 1.74. The second-order valence-electron chi connectivity index (χ2n) is 8.04. The van der Waals surface area contributed by atoms with Gasteiger partial charge in [0.15, 0.2) is 5.69 Å². The number of rotatable bonds is 6. The van der Waals surface area contributed by atoms with E-state index in [1.807, 2.05) is 0 Å². The third-order valence-corrected chi connectivity index (χ3v) is 7.53. The van der Waals surface area contributed by atoms with Gasteiger partial charge < -0.3 is 11.1 Å². The number of alkyl halides is 6. The minimum absolute atomic E-state index is 0.0589. The number of hydrogen-bond donors (Lipinski definition) is 2. The molecule has 38 heavy (non-hydrogen) atoms. The van der Waals surface area contributed by atoms with E-state index in [0.717, 1.165) is 10.7 Å². The molecule has 0 spiro atoms. The standard InChI is InChI=1S/C23H16BrF6N5O2S/c1-10-16(24)19(23(28,29)30)34-35(10)8-7-14(36)33-17-15-12(11-5-3-2-4-6-11)9-13(22(25,26)27)32-21(15)38-18(17)20(31)37/h2-6,9H,7-8H2,1H3,(H2,31,37)(H,33,36). The monoisotopic (exact) mass is 619 g/mol. The van der Waals surface area contributed by atoms with Crippen LogP contribution in [0, 0.1) is 6.92 Å². The van der Waals surface area contributed by atoms with Crippen molar-refractivity contribution in [1.29, 1.82) is 0 Å². The Morgan fingerprint density at radius 2 is 1.76 bits per heavy atom. The fourth-order valence-corrected chi connectivity index (χ4v) is 5.23. The number of fused-ring (bicyclic) bond motifs is 1. The Morgan fingerprint density at radius 1 is 1.11 bits per heavy atom. The number of nitrogens with zero attached hydrogens (tertiary/aromatic N) is 3. The highest BCUT2D eigenvalue weighted by Crippen LogP contribution is 2.43. The molecule has 0 fully saturated rings. The zero-order valence-electron chi connectivity index (χ0n) is 19.2. The molecule has 200 valence electrons. The molecule has 0 bridgehead atoms. The van der Waals surface area contributed by atoms with Crippen molar-refractivity contribution in [2.45, 2.75) is 32.2 Å². The van der Waals surface area contributed by atoms with E-state index in [0.29, 0.717) is 16.9 Å². The van der Waals surface area contributed by atoms with Crippen LogP contribution >= 0.6 is 27.3 Å². The van der Waals surface area contributed by atoms with Gasteiger partial charge in [0, 0.05) is 11.8 Å². The second-order valence-corrected chi connectivity index (χ2v) is 9.83. The first kappa shape index (κ1) is 27.6. The van der Waals surface area contributed by atoms with Crippen LogP contribution in [0.25, 0.3) is 21.3 Å². The molecular formula is C23H16BrF6N5O2S. The lowest BCUT2D eigenvalue weighted by atomic mass is 10.0. The van der Waals surface area contributed by atoms with Crippen molar-refractivity contribution in [3.63, 3.8) is 0 Å². The molecule has 0 saturated heterocycles. The number of thiophene rings is 1. The average Bonchev–Trinajstić information content (AvgIpc) is 3.34. The smallest absolute Gasteiger partial charge is 0.365 e. The van der Waals surface area contributed by atoms with E-state index >= 15 is 0 Å². The number of nitrogens with two attached hydrogens (primary N) is 1. The summed E-state index contributed by atoms with van der Waals surface area (Å²) in [6, 6.07) is 8.80. The minimum atomic E-state index is -4.79. The first-order chi connectivity index (χ1) is 17.7. The Kier molecular flexibility index (Phi) is 7.27. The molecule has 2 amide bonds. The van der Waals surface area contributed by atoms with Gasteiger partial charge in [0.05, 0.1) is 22.4 Å². The molecule has 0 radical (unpaired) electrons. The molecule has 3 N–H and O–H groups in total. The molecule has 7 nitrogen and oxygen atoms in total. The van der Waals surface area contributed by atoms with E-state index in [1.165, 1.54) is 6.92 Å². The lowest BCUT2D eigenvalue weighted by Gasteiger charge is -2.12. The van der Waals surface area contributed by atoms with E-state index in [9.17, 15) is 35.9 Å². The summed E-state index contributed by atoms with van der Waals surface area (Å²) in [4.78, 5) is 28.3. The number of pyridine rings is 1.